The summed E-state index contributed by atoms with van der Waals surface area (Å²) in [5.41, 5.74) is 4.58. The lowest BCUT2D eigenvalue weighted by atomic mass is 10.0. The molecule has 0 amide bonds. The van der Waals surface area contributed by atoms with Crippen molar-refractivity contribution in [3.8, 4) is 22.8 Å². The summed E-state index contributed by atoms with van der Waals surface area (Å²) in [5.74, 6) is 2.32. The average Bonchev–Trinajstić information content (AvgIpc) is 3.43. The lowest BCUT2D eigenvalue weighted by Gasteiger charge is -2.05. The van der Waals surface area contributed by atoms with Gasteiger partial charge < -0.3 is 0 Å². The molecule has 0 aliphatic heterocycles. The molecule has 0 saturated heterocycles. The molecule has 2 heterocycles. The van der Waals surface area contributed by atoms with Crippen molar-refractivity contribution in [3.05, 3.63) is 59.7 Å². The second-order valence-corrected chi connectivity index (χ2v) is 7.03. The van der Waals surface area contributed by atoms with Crippen LogP contribution in [0.3, 0.4) is 0 Å². The van der Waals surface area contributed by atoms with Crippen molar-refractivity contribution in [2.75, 3.05) is 0 Å². The Kier molecular flexibility index (Phi) is 6.21. The van der Waals surface area contributed by atoms with Gasteiger partial charge in [0.1, 0.15) is 0 Å². The molecule has 2 aromatic carbocycles. The summed E-state index contributed by atoms with van der Waals surface area (Å²) >= 11 is 0. The third-order valence-electron chi connectivity index (χ3n) is 4.31. The number of nitrogens with zero attached hydrogens (tertiary/aromatic N) is 6. The number of hydrogen-bond donors (Lipinski definition) is 2. The number of tetrazole rings is 2. The van der Waals surface area contributed by atoms with Crippen molar-refractivity contribution in [2.24, 2.45) is 0 Å². The van der Waals surface area contributed by atoms with Gasteiger partial charge in [-0.15, -0.1) is 20.4 Å². The molecule has 0 atom stereocenters. The fourth-order valence-corrected chi connectivity index (χ4v) is 2.64. The summed E-state index contributed by atoms with van der Waals surface area (Å²) in [6.45, 7) is 8.65. The van der Waals surface area contributed by atoms with Gasteiger partial charge >= 0.3 is 0 Å². The van der Waals surface area contributed by atoms with E-state index in [-0.39, 0.29) is 0 Å². The predicted octanol–water partition coefficient (Wildman–Crippen LogP) is 3.98. The fourth-order valence-electron chi connectivity index (χ4n) is 2.64. The van der Waals surface area contributed by atoms with Crippen LogP contribution in [0.1, 0.15) is 50.7 Å². The fraction of sp³-hybridized carbons (Fsp3) is 0.300. The smallest absolute Gasteiger partial charge is 0.177 e. The van der Waals surface area contributed by atoms with Gasteiger partial charge in [-0.1, -0.05) is 64.1 Å². The molecule has 0 unspecified atom stereocenters. The number of benzene rings is 2. The zero-order valence-corrected chi connectivity index (χ0v) is 16.5. The summed E-state index contributed by atoms with van der Waals surface area (Å²) < 4.78 is 0. The summed E-state index contributed by atoms with van der Waals surface area (Å²) in [6, 6.07) is 16.4. The molecular formula is C20H24N8. The molecule has 0 bridgehead atoms. The van der Waals surface area contributed by atoms with Gasteiger partial charge in [-0.3, -0.25) is 0 Å². The minimum absolute atomic E-state index is 0.516. The molecule has 2 aromatic heterocycles. The molecule has 8 heteroatoms. The second-order valence-electron chi connectivity index (χ2n) is 7.03. The molecule has 0 saturated carbocycles. The van der Waals surface area contributed by atoms with E-state index in [1.165, 1.54) is 11.1 Å². The number of aromatic amines is 2. The van der Waals surface area contributed by atoms with Crippen LogP contribution >= 0.6 is 0 Å². The van der Waals surface area contributed by atoms with Gasteiger partial charge in [0.25, 0.3) is 0 Å². The highest BCUT2D eigenvalue weighted by atomic mass is 15.5. The zero-order valence-electron chi connectivity index (χ0n) is 16.5. The van der Waals surface area contributed by atoms with Crippen LogP contribution in [0.4, 0.5) is 0 Å². The summed E-state index contributed by atoms with van der Waals surface area (Å²) in [4.78, 5) is 0. The molecular weight excluding hydrogens is 352 g/mol. The molecule has 0 fully saturated rings. The maximum Gasteiger partial charge on any atom is 0.204 e. The number of rotatable bonds is 4. The van der Waals surface area contributed by atoms with Gasteiger partial charge in [0.2, 0.25) is 11.6 Å². The minimum atomic E-state index is 0.516. The largest absolute Gasteiger partial charge is 0.204 e. The number of aromatic nitrogens is 8. The Hall–Kier alpha value is -3.42. The van der Waals surface area contributed by atoms with E-state index in [2.05, 4.69) is 93.2 Å². The Bertz CT molecular complexity index is 893. The molecule has 0 aliphatic rings. The van der Waals surface area contributed by atoms with E-state index in [1.54, 1.807) is 0 Å². The van der Waals surface area contributed by atoms with Gasteiger partial charge in [0.05, 0.1) is 0 Å². The monoisotopic (exact) mass is 376 g/mol. The Balaban J connectivity index is 0.000000161. The third-order valence-corrected chi connectivity index (χ3v) is 4.31. The van der Waals surface area contributed by atoms with Crippen molar-refractivity contribution < 1.29 is 0 Å². The Morgan fingerprint density at radius 3 is 1.39 bits per heavy atom. The van der Waals surface area contributed by atoms with E-state index in [4.69, 9.17) is 0 Å². The Morgan fingerprint density at radius 2 is 1.07 bits per heavy atom. The van der Waals surface area contributed by atoms with Crippen LogP contribution in [0, 0.1) is 0 Å². The average molecular weight is 376 g/mol. The molecule has 8 nitrogen and oxygen atoms in total. The van der Waals surface area contributed by atoms with Gasteiger partial charge in [-0.2, -0.15) is 10.4 Å². The van der Waals surface area contributed by atoms with Crippen molar-refractivity contribution in [1.82, 2.24) is 41.2 Å². The molecule has 0 spiro atoms. The van der Waals surface area contributed by atoms with Crippen LogP contribution in [-0.2, 0) is 0 Å². The lowest BCUT2D eigenvalue weighted by Crippen LogP contribution is -1.88. The van der Waals surface area contributed by atoms with Crippen molar-refractivity contribution in [1.29, 1.82) is 0 Å². The zero-order chi connectivity index (χ0) is 19.9. The molecule has 4 rings (SSSR count). The maximum absolute atomic E-state index is 3.94. The van der Waals surface area contributed by atoms with Crippen LogP contribution in [0.2, 0.25) is 0 Å². The Labute approximate surface area is 163 Å². The van der Waals surface area contributed by atoms with Crippen molar-refractivity contribution in [2.45, 2.75) is 39.5 Å². The van der Waals surface area contributed by atoms with Gasteiger partial charge in [0, 0.05) is 11.1 Å². The minimum Gasteiger partial charge on any atom is -0.177 e. The van der Waals surface area contributed by atoms with Gasteiger partial charge in [-0.05, 0) is 45.5 Å². The van der Waals surface area contributed by atoms with E-state index < -0.39 is 0 Å². The van der Waals surface area contributed by atoms with E-state index in [1.807, 2.05) is 24.3 Å². The number of hydrogen-bond acceptors (Lipinski definition) is 6. The van der Waals surface area contributed by atoms with Gasteiger partial charge in [0.15, 0.2) is 0 Å². The van der Waals surface area contributed by atoms with Crippen molar-refractivity contribution in [3.63, 3.8) is 0 Å². The standard InChI is InChI=1S/2C10H12N4/c2*1-7(2)8-4-3-5-9(6-8)10-11-13-14-12-10/h2*3-7H,1-2H3,(H,11,12,13,14). The van der Waals surface area contributed by atoms with E-state index in [0.29, 0.717) is 23.5 Å². The molecule has 0 radical (unpaired) electrons. The highest BCUT2D eigenvalue weighted by Gasteiger charge is 2.06. The number of nitrogens with one attached hydrogen (secondary N) is 2. The van der Waals surface area contributed by atoms with Gasteiger partial charge in [-0.25, -0.2) is 0 Å². The quantitative estimate of drug-likeness (QED) is 0.557. The molecule has 0 aliphatic carbocycles. The highest BCUT2D eigenvalue weighted by Crippen LogP contribution is 2.21. The first-order chi connectivity index (χ1) is 13.5. The maximum atomic E-state index is 3.94. The van der Waals surface area contributed by atoms with E-state index in [0.717, 1.165) is 11.1 Å². The summed E-state index contributed by atoms with van der Waals surface area (Å²) in [7, 11) is 0. The first-order valence-corrected chi connectivity index (χ1v) is 9.22. The van der Waals surface area contributed by atoms with Crippen molar-refractivity contribution >= 4 is 0 Å². The molecule has 144 valence electrons. The summed E-state index contributed by atoms with van der Waals surface area (Å²) in [5, 5.41) is 27.7. The molecule has 28 heavy (non-hydrogen) atoms. The SMILES string of the molecule is CC(C)c1cccc(-c2nn[nH]n2)c1.CC(C)c1cccc(-c2nn[nH]n2)c1. The number of H-pyrrole nitrogens is 2. The third kappa shape index (κ3) is 4.85. The van der Waals surface area contributed by atoms with E-state index >= 15 is 0 Å². The molecule has 2 N–H and O–H groups in total. The van der Waals surface area contributed by atoms with E-state index in [9.17, 15) is 0 Å². The second kappa shape index (κ2) is 8.98. The van der Waals surface area contributed by atoms with Crippen LogP contribution in [-0.4, -0.2) is 41.2 Å². The van der Waals surface area contributed by atoms with Crippen LogP contribution < -0.4 is 0 Å². The first-order valence-electron chi connectivity index (χ1n) is 9.22. The Morgan fingerprint density at radius 1 is 0.643 bits per heavy atom. The van der Waals surface area contributed by atoms with Crippen LogP contribution in [0.5, 0.6) is 0 Å². The normalized spacial score (nSPS) is 10.8. The molecule has 4 aromatic rings. The predicted molar refractivity (Wildman–Crippen MR) is 107 cm³/mol. The first kappa shape index (κ1) is 19.3. The van der Waals surface area contributed by atoms with Crippen LogP contribution in [0.25, 0.3) is 22.8 Å². The van der Waals surface area contributed by atoms with Crippen LogP contribution in [0.15, 0.2) is 48.5 Å². The topological polar surface area (TPSA) is 109 Å². The summed E-state index contributed by atoms with van der Waals surface area (Å²) in [6.07, 6.45) is 0. The highest BCUT2D eigenvalue weighted by molar-refractivity contribution is 5.56. The lowest BCUT2D eigenvalue weighted by molar-refractivity contribution is 0.866.